The highest BCUT2D eigenvalue weighted by Crippen LogP contribution is 2.29. The highest BCUT2D eigenvalue weighted by atomic mass is 16.3. The summed E-state index contributed by atoms with van der Waals surface area (Å²) in [6.07, 6.45) is 1.71. The minimum absolute atomic E-state index is 0.200. The number of hydrogen-bond acceptors (Lipinski definition) is 1. The fourth-order valence-electron chi connectivity index (χ4n) is 2.10. The number of hydrogen-bond donors (Lipinski definition) is 0. The van der Waals surface area contributed by atoms with E-state index in [-0.39, 0.29) is 5.41 Å². The van der Waals surface area contributed by atoms with Crippen molar-refractivity contribution in [3.8, 4) is 11.3 Å². The maximum Gasteiger partial charge on any atom is 0.133 e. The van der Waals surface area contributed by atoms with Crippen LogP contribution in [0.4, 0.5) is 0 Å². The fourth-order valence-corrected chi connectivity index (χ4v) is 2.10. The monoisotopic (exact) mass is 214 g/mol. The molecule has 0 atom stereocenters. The van der Waals surface area contributed by atoms with Gasteiger partial charge in [-0.15, -0.1) is 0 Å². The summed E-state index contributed by atoms with van der Waals surface area (Å²) in [7, 11) is 0. The molecule has 1 heteroatoms. The van der Waals surface area contributed by atoms with Gasteiger partial charge >= 0.3 is 0 Å². The van der Waals surface area contributed by atoms with Gasteiger partial charge in [-0.2, -0.15) is 0 Å². The van der Waals surface area contributed by atoms with Gasteiger partial charge in [-0.05, 0) is 41.7 Å². The van der Waals surface area contributed by atoms with Crippen LogP contribution in [-0.4, -0.2) is 0 Å². The largest absolute Gasteiger partial charge is 0.464 e. The van der Waals surface area contributed by atoms with Gasteiger partial charge in [0.25, 0.3) is 0 Å². The Morgan fingerprint density at radius 3 is 2.31 bits per heavy atom. The Labute approximate surface area is 97.1 Å². The molecule has 1 aromatic heterocycles. The second-order valence-electron chi connectivity index (χ2n) is 5.26. The van der Waals surface area contributed by atoms with E-state index >= 15 is 0 Å². The average molecular weight is 214 g/mol. The molecule has 0 bridgehead atoms. The normalized spacial score (nSPS) is 11.8. The van der Waals surface area contributed by atoms with Gasteiger partial charge in [0, 0.05) is 5.56 Å². The smallest absolute Gasteiger partial charge is 0.133 e. The van der Waals surface area contributed by atoms with Gasteiger partial charge < -0.3 is 4.42 Å². The SMILES string of the molecule is Cc1cc(-c2ccco2)ccc1C(C)(C)C. The van der Waals surface area contributed by atoms with Crippen molar-refractivity contribution in [2.24, 2.45) is 0 Å². The zero-order chi connectivity index (χ0) is 11.8. The molecule has 0 saturated carbocycles. The molecule has 0 spiro atoms. The molecule has 1 aromatic carbocycles. The summed E-state index contributed by atoms with van der Waals surface area (Å²) in [5.41, 5.74) is 4.06. The van der Waals surface area contributed by atoms with Crippen LogP contribution < -0.4 is 0 Å². The lowest BCUT2D eigenvalue weighted by Crippen LogP contribution is -2.12. The van der Waals surface area contributed by atoms with Crippen molar-refractivity contribution in [2.45, 2.75) is 33.1 Å². The lowest BCUT2D eigenvalue weighted by Gasteiger charge is -2.21. The molecule has 2 rings (SSSR count). The fraction of sp³-hybridized carbons (Fsp3) is 0.333. The van der Waals surface area contributed by atoms with E-state index in [1.807, 2.05) is 12.1 Å². The minimum Gasteiger partial charge on any atom is -0.464 e. The highest BCUT2D eigenvalue weighted by Gasteiger charge is 2.16. The Bertz CT molecular complexity index is 473. The van der Waals surface area contributed by atoms with Gasteiger partial charge in [0.15, 0.2) is 0 Å². The van der Waals surface area contributed by atoms with Crippen LogP contribution in [0, 0.1) is 6.92 Å². The van der Waals surface area contributed by atoms with E-state index in [4.69, 9.17) is 4.42 Å². The molecule has 84 valence electrons. The van der Waals surface area contributed by atoms with E-state index in [1.54, 1.807) is 6.26 Å². The number of rotatable bonds is 1. The summed E-state index contributed by atoms with van der Waals surface area (Å²) in [6, 6.07) is 10.4. The van der Waals surface area contributed by atoms with E-state index in [0.717, 1.165) is 11.3 Å². The van der Waals surface area contributed by atoms with E-state index < -0.39 is 0 Å². The van der Waals surface area contributed by atoms with Crippen LogP contribution in [0.5, 0.6) is 0 Å². The number of furan rings is 1. The Hall–Kier alpha value is -1.50. The van der Waals surface area contributed by atoms with Crippen molar-refractivity contribution >= 4 is 0 Å². The maximum atomic E-state index is 5.40. The maximum absolute atomic E-state index is 5.40. The standard InChI is InChI=1S/C15H18O/c1-11-10-12(14-6-5-9-16-14)7-8-13(11)15(2,3)4/h5-10H,1-4H3. The van der Waals surface area contributed by atoms with E-state index in [0.29, 0.717) is 0 Å². The Morgan fingerprint density at radius 1 is 1.06 bits per heavy atom. The minimum atomic E-state index is 0.200. The number of benzene rings is 1. The van der Waals surface area contributed by atoms with Gasteiger partial charge in [0.2, 0.25) is 0 Å². The lowest BCUT2D eigenvalue weighted by molar-refractivity contribution is 0.579. The summed E-state index contributed by atoms with van der Waals surface area (Å²) in [4.78, 5) is 0. The van der Waals surface area contributed by atoms with Crippen LogP contribution in [0.1, 0.15) is 31.9 Å². The lowest BCUT2D eigenvalue weighted by atomic mass is 9.83. The van der Waals surface area contributed by atoms with Crippen LogP contribution >= 0.6 is 0 Å². The van der Waals surface area contributed by atoms with Crippen molar-refractivity contribution in [2.75, 3.05) is 0 Å². The zero-order valence-electron chi connectivity index (χ0n) is 10.4. The van der Waals surface area contributed by atoms with Crippen molar-refractivity contribution in [3.63, 3.8) is 0 Å². The highest BCUT2D eigenvalue weighted by molar-refractivity contribution is 5.59. The molecule has 1 nitrogen and oxygen atoms in total. The first kappa shape index (κ1) is 11.0. The summed E-state index contributed by atoms with van der Waals surface area (Å²) in [5.74, 6) is 0.934. The molecule has 0 aliphatic rings. The van der Waals surface area contributed by atoms with Crippen molar-refractivity contribution in [3.05, 3.63) is 47.7 Å². The third-order valence-corrected chi connectivity index (χ3v) is 2.84. The summed E-state index contributed by atoms with van der Waals surface area (Å²) in [5, 5.41) is 0. The summed E-state index contributed by atoms with van der Waals surface area (Å²) in [6.45, 7) is 8.87. The number of aryl methyl sites for hydroxylation is 1. The van der Waals surface area contributed by atoms with E-state index in [1.165, 1.54) is 11.1 Å². The van der Waals surface area contributed by atoms with Gasteiger partial charge in [-0.25, -0.2) is 0 Å². The first-order valence-electron chi connectivity index (χ1n) is 5.63. The van der Waals surface area contributed by atoms with Crippen LogP contribution in [0.3, 0.4) is 0 Å². The van der Waals surface area contributed by atoms with Crippen LogP contribution in [0.25, 0.3) is 11.3 Å². The Morgan fingerprint density at radius 2 is 1.81 bits per heavy atom. The third kappa shape index (κ3) is 2.04. The molecule has 16 heavy (non-hydrogen) atoms. The Balaban J connectivity index is 2.45. The zero-order valence-corrected chi connectivity index (χ0v) is 10.4. The van der Waals surface area contributed by atoms with E-state index in [9.17, 15) is 0 Å². The molecule has 0 N–H and O–H groups in total. The molecule has 0 fully saturated rings. The summed E-state index contributed by atoms with van der Waals surface area (Å²) < 4.78 is 5.40. The van der Waals surface area contributed by atoms with Crippen LogP contribution in [-0.2, 0) is 5.41 Å². The quantitative estimate of drug-likeness (QED) is 0.678. The summed E-state index contributed by atoms with van der Waals surface area (Å²) >= 11 is 0. The molecular weight excluding hydrogens is 196 g/mol. The van der Waals surface area contributed by atoms with Gasteiger partial charge in [-0.3, -0.25) is 0 Å². The first-order valence-corrected chi connectivity index (χ1v) is 5.63. The molecule has 1 heterocycles. The van der Waals surface area contributed by atoms with Crippen molar-refractivity contribution in [1.82, 2.24) is 0 Å². The molecule has 0 radical (unpaired) electrons. The second kappa shape index (κ2) is 3.82. The van der Waals surface area contributed by atoms with Crippen LogP contribution in [0.2, 0.25) is 0 Å². The first-order chi connectivity index (χ1) is 7.48. The van der Waals surface area contributed by atoms with Crippen LogP contribution in [0.15, 0.2) is 41.0 Å². The molecule has 0 unspecified atom stereocenters. The second-order valence-corrected chi connectivity index (χ2v) is 5.26. The predicted octanol–water partition coefficient (Wildman–Crippen LogP) is 4.55. The van der Waals surface area contributed by atoms with Crippen molar-refractivity contribution < 1.29 is 4.42 Å². The third-order valence-electron chi connectivity index (χ3n) is 2.84. The van der Waals surface area contributed by atoms with Gasteiger partial charge in [-0.1, -0.05) is 32.9 Å². The molecule has 0 aliphatic carbocycles. The Kier molecular flexibility index (Phi) is 2.63. The van der Waals surface area contributed by atoms with E-state index in [2.05, 4.69) is 45.9 Å². The molecule has 0 saturated heterocycles. The molecule has 2 aromatic rings. The topological polar surface area (TPSA) is 13.1 Å². The molecule has 0 aliphatic heterocycles. The van der Waals surface area contributed by atoms with Crippen molar-refractivity contribution in [1.29, 1.82) is 0 Å². The van der Waals surface area contributed by atoms with Gasteiger partial charge in [0.1, 0.15) is 5.76 Å². The van der Waals surface area contributed by atoms with Gasteiger partial charge in [0.05, 0.1) is 6.26 Å². The molecule has 0 amide bonds. The average Bonchev–Trinajstić information content (AvgIpc) is 2.68. The predicted molar refractivity (Wildman–Crippen MR) is 67.6 cm³/mol. The molecular formula is C15H18O.